The van der Waals surface area contributed by atoms with Crippen molar-refractivity contribution in [1.82, 2.24) is 15.1 Å². The van der Waals surface area contributed by atoms with Gasteiger partial charge >= 0.3 is 0 Å². The minimum Gasteiger partial charge on any atom is -0.375 e. The Morgan fingerprint density at radius 1 is 1.62 bits per heavy atom. The van der Waals surface area contributed by atoms with E-state index in [1.165, 1.54) is 0 Å². The van der Waals surface area contributed by atoms with Gasteiger partial charge < -0.3 is 10.1 Å². The van der Waals surface area contributed by atoms with Crippen LogP contribution in [-0.2, 0) is 11.3 Å². The van der Waals surface area contributed by atoms with Crippen molar-refractivity contribution in [2.45, 2.75) is 19.1 Å². The Hall–Kier alpha value is -0.870. The number of aromatic nitrogens is 2. The van der Waals surface area contributed by atoms with Crippen LogP contribution < -0.4 is 5.32 Å². The van der Waals surface area contributed by atoms with Gasteiger partial charge in [-0.1, -0.05) is 0 Å². The molecule has 1 saturated heterocycles. The molecule has 1 atom stereocenters. The molecule has 0 bridgehead atoms. The highest BCUT2D eigenvalue weighted by molar-refractivity contribution is 4.79. The molecule has 4 heteroatoms. The van der Waals surface area contributed by atoms with Gasteiger partial charge in [-0.2, -0.15) is 5.10 Å². The van der Waals surface area contributed by atoms with Crippen molar-refractivity contribution >= 4 is 0 Å². The molecule has 1 fully saturated rings. The predicted molar refractivity (Wildman–Crippen MR) is 49.5 cm³/mol. The molecule has 1 aromatic heterocycles. The van der Waals surface area contributed by atoms with Gasteiger partial charge in [0, 0.05) is 25.5 Å². The molecule has 1 aliphatic heterocycles. The fourth-order valence-electron chi connectivity index (χ4n) is 1.50. The summed E-state index contributed by atoms with van der Waals surface area (Å²) < 4.78 is 7.57. The van der Waals surface area contributed by atoms with Gasteiger partial charge in [-0.3, -0.25) is 4.68 Å². The highest BCUT2D eigenvalue weighted by atomic mass is 16.5. The minimum atomic E-state index is 0.266. The molecule has 0 radical (unpaired) electrons. The van der Waals surface area contributed by atoms with Crippen LogP contribution in [0.4, 0.5) is 0 Å². The third-order valence-corrected chi connectivity index (χ3v) is 2.17. The van der Waals surface area contributed by atoms with Gasteiger partial charge in [-0.25, -0.2) is 0 Å². The number of nitrogens with one attached hydrogen (secondary N) is 1. The molecule has 0 aliphatic carbocycles. The second kappa shape index (κ2) is 4.39. The van der Waals surface area contributed by atoms with E-state index < -0.39 is 0 Å². The summed E-state index contributed by atoms with van der Waals surface area (Å²) in [6.45, 7) is 3.70. The van der Waals surface area contributed by atoms with E-state index in [-0.39, 0.29) is 6.10 Å². The highest BCUT2D eigenvalue weighted by Gasteiger charge is 2.12. The third kappa shape index (κ3) is 2.54. The van der Waals surface area contributed by atoms with Crippen LogP contribution in [0.1, 0.15) is 6.42 Å². The quantitative estimate of drug-likeness (QED) is 0.711. The molecule has 2 heterocycles. The van der Waals surface area contributed by atoms with Crippen LogP contribution >= 0.6 is 0 Å². The molecule has 2 rings (SSSR count). The Bertz CT molecular complexity index is 227. The Morgan fingerprint density at radius 3 is 3.46 bits per heavy atom. The van der Waals surface area contributed by atoms with Crippen LogP contribution in [0, 0.1) is 0 Å². The number of ether oxygens (including phenoxy) is 1. The van der Waals surface area contributed by atoms with E-state index in [9.17, 15) is 0 Å². The first-order valence-corrected chi connectivity index (χ1v) is 4.75. The zero-order valence-electron chi connectivity index (χ0n) is 7.65. The third-order valence-electron chi connectivity index (χ3n) is 2.17. The molecule has 0 aromatic carbocycles. The zero-order chi connectivity index (χ0) is 8.93. The van der Waals surface area contributed by atoms with E-state index >= 15 is 0 Å². The van der Waals surface area contributed by atoms with Crippen molar-refractivity contribution in [3.8, 4) is 0 Å². The molecule has 13 heavy (non-hydrogen) atoms. The normalized spacial score (nSPS) is 24.2. The molecule has 1 aromatic rings. The minimum absolute atomic E-state index is 0.266. The Morgan fingerprint density at radius 2 is 2.62 bits per heavy atom. The van der Waals surface area contributed by atoms with Gasteiger partial charge in [0.1, 0.15) is 0 Å². The summed E-state index contributed by atoms with van der Waals surface area (Å²) in [5.74, 6) is 0. The Balaban J connectivity index is 1.86. The molecule has 1 N–H and O–H groups in total. The van der Waals surface area contributed by atoms with Crippen LogP contribution in [0.15, 0.2) is 18.5 Å². The zero-order valence-corrected chi connectivity index (χ0v) is 7.65. The second-order valence-corrected chi connectivity index (χ2v) is 3.28. The average molecular weight is 181 g/mol. The van der Waals surface area contributed by atoms with E-state index in [1.807, 2.05) is 16.9 Å². The van der Waals surface area contributed by atoms with Crippen molar-refractivity contribution in [3.05, 3.63) is 18.5 Å². The van der Waals surface area contributed by atoms with Gasteiger partial charge in [0.05, 0.1) is 12.6 Å². The lowest BCUT2D eigenvalue weighted by Gasteiger charge is -2.14. The van der Waals surface area contributed by atoms with Crippen molar-refractivity contribution < 1.29 is 4.74 Å². The van der Waals surface area contributed by atoms with Crippen LogP contribution in [0.2, 0.25) is 0 Å². The lowest BCUT2D eigenvalue weighted by Crippen LogP contribution is -2.30. The number of nitrogens with zero attached hydrogens (tertiary/aromatic N) is 2. The monoisotopic (exact) mass is 181 g/mol. The first-order chi connectivity index (χ1) is 6.45. The molecular weight excluding hydrogens is 166 g/mol. The molecule has 1 unspecified atom stereocenters. The summed E-state index contributed by atoms with van der Waals surface area (Å²) >= 11 is 0. The standard InChI is InChI=1S/C9H15N3O/c1-4-11-12(5-1)8-9-7-10-3-2-6-13-9/h1,4-5,9-10H,2-3,6-8H2. The fourth-order valence-corrected chi connectivity index (χ4v) is 1.50. The van der Waals surface area contributed by atoms with Crippen molar-refractivity contribution in [2.24, 2.45) is 0 Å². The van der Waals surface area contributed by atoms with Crippen LogP contribution in [0.3, 0.4) is 0 Å². The Kier molecular flexibility index (Phi) is 2.94. The highest BCUT2D eigenvalue weighted by Crippen LogP contribution is 2.00. The van der Waals surface area contributed by atoms with E-state index in [2.05, 4.69) is 10.4 Å². The maximum absolute atomic E-state index is 5.65. The first kappa shape index (κ1) is 8.72. The summed E-state index contributed by atoms with van der Waals surface area (Å²) in [4.78, 5) is 0. The summed E-state index contributed by atoms with van der Waals surface area (Å²) in [6.07, 6.45) is 5.14. The number of hydrogen-bond donors (Lipinski definition) is 1. The molecular formula is C9H15N3O. The summed E-state index contributed by atoms with van der Waals surface area (Å²) in [5.41, 5.74) is 0. The summed E-state index contributed by atoms with van der Waals surface area (Å²) in [5, 5.41) is 7.49. The SMILES string of the molecule is c1cnn(CC2CNCCCO2)c1. The fraction of sp³-hybridized carbons (Fsp3) is 0.667. The Labute approximate surface area is 77.9 Å². The van der Waals surface area contributed by atoms with E-state index in [0.717, 1.165) is 32.7 Å². The van der Waals surface area contributed by atoms with Crippen LogP contribution in [0.5, 0.6) is 0 Å². The van der Waals surface area contributed by atoms with Crippen LogP contribution in [-0.4, -0.2) is 35.6 Å². The number of hydrogen-bond acceptors (Lipinski definition) is 3. The largest absolute Gasteiger partial charge is 0.375 e. The topological polar surface area (TPSA) is 39.1 Å². The van der Waals surface area contributed by atoms with Gasteiger partial charge in [0.15, 0.2) is 0 Å². The predicted octanol–water partition coefficient (Wildman–Crippen LogP) is 0.262. The van der Waals surface area contributed by atoms with E-state index in [4.69, 9.17) is 4.74 Å². The van der Waals surface area contributed by atoms with Gasteiger partial charge in [0.25, 0.3) is 0 Å². The van der Waals surface area contributed by atoms with Crippen molar-refractivity contribution in [1.29, 1.82) is 0 Å². The van der Waals surface area contributed by atoms with Crippen LogP contribution in [0.25, 0.3) is 0 Å². The maximum atomic E-state index is 5.65. The molecule has 4 nitrogen and oxygen atoms in total. The van der Waals surface area contributed by atoms with Gasteiger partial charge in [-0.15, -0.1) is 0 Å². The molecule has 72 valence electrons. The summed E-state index contributed by atoms with van der Waals surface area (Å²) in [7, 11) is 0. The van der Waals surface area contributed by atoms with Crippen molar-refractivity contribution in [3.63, 3.8) is 0 Å². The first-order valence-electron chi connectivity index (χ1n) is 4.75. The molecule has 0 saturated carbocycles. The van der Waals surface area contributed by atoms with Gasteiger partial charge in [-0.05, 0) is 19.0 Å². The van der Waals surface area contributed by atoms with Gasteiger partial charge in [0.2, 0.25) is 0 Å². The summed E-state index contributed by atoms with van der Waals surface area (Å²) in [6, 6.07) is 1.93. The average Bonchev–Trinajstić information content (AvgIpc) is 2.49. The van der Waals surface area contributed by atoms with E-state index in [1.54, 1.807) is 6.20 Å². The van der Waals surface area contributed by atoms with Crippen molar-refractivity contribution in [2.75, 3.05) is 19.7 Å². The second-order valence-electron chi connectivity index (χ2n) is 3.28. The molecule has 1 aliphatic rings. The lowest BCUT2D eigenvalue weighted by molar-refractivity contribution is 0.0526. The molecule has 0 spiro atoms. The number of rotatable bonds is 2. The lowest BCUT2D eigenvalue weighted by atomic mass is 10.3. The maximum Gasteiger partial charge on any atom is 0.0894 e. The smallest absolute Gasteiger partial charge is 0.0894 e. The molecule has 0 amide bonds. The van der Waals surface area contributed by atoms with E-state index in [0.29, 0.717) is 0 Å².